The SMILES string of the molecule is CC(NC(=O)N(CCO)C1CC1)c1nc(C(=O)O)cs1. The van der Waals surface area contributed by atoms with Crippen LogP contribution < -0.4 is 5.32 Å². The van der Waals surface area contributed by atoms with E-state index in [-0.39, 0.29) is 30.4 Å². The number of aromatic nitrogens is 1. The Kier molecular flexibility index (Phi) is 4.56. The van der Waals surface area contributed by atoms with Crippen molar-refractivity contribution in [1.29, 1.82) is 0 Å². The summed E-state index contributed by atoms with van der Waals surface area (Å²) in [6.45, 7) is 1.99. The van der Waals surface area contributed by atoms with Gasteiger partial charge in [0.2, 0.25) is 0 Å². The quantitative estimate of drug-likeness (QED) is 0.729. The fourth-order valence-electron chi connectivity index (χ4n) is 1.86. The molecule has 1 unspecified atom stereocenters. The van der Waals surface area contributed by atoms with Gasteiger partial charge in [0.1, 0.15) is 5.01 Å². The van der Waals surface area contributed by atoms with Crippen LogP contribution in [0.25, 0.3) is 0 Å². The van der Waals surface area contributed by atoms with Crippen LogP contribution in [0.4, 0.5) is 4.79 Å². The van der Waals surface area contributed by atoms with E-state index in [1.54, 1.807) is 11.8 Å². The normalized spacial score (nSPS) is 15.7. The van der Waals surface area contributed by atoms with Crippen LogP contribution in [0.1, 0.15) is 41.3 Å². The molecule has 0 aromatic carbocycles. The summed E-state index contributed by atoms with van der Waals surface area (Å²) in [6.07, 6.45) is 1.92. The van der Waals surface area contributed by atoms with E-state index in [0.717, 1.165) is 12.8 Å². The van der Waals surface area contributed by atoms with Crippen molar-refractivity contribution in [3.05, 3.63) is 16.1 Å². The number of carbonyl (C=O) groups is 2. The number of carbonyl (C=O) groups excluding carboxylic acids is 1. The maximum Gasteiger partial charge on any atom is 0.355 e. The Bertz CT molecular complexity index is 501. The highest BCUT2D eigenvalue weighted by molar-refractivity contribution is 7.09. The van der Waals surface area contributed by atoms with Crippen LogP contribution in [0.2, 0.25) is 0 Å². The number of hydrogen-bond donors (Lipinski definition) is 3. The van der Waals surface area contributed by atoms with E-state index in [2.05, 4.69) is 10.3 Å². The Labute approximate surface area is 120 Å². The van der Waals surface area contributed by atoms with Crippen LogP contribution in [0, 0.1) is 0 Å². The third-order valence-corrected chi connectivity index (χ3v) is 4.07. The number of urea groups is 1. The number of thiazole rings is 1. The van der Waals surface area contributed by atoms with Gasteiger partial charge >= 0.3 is 12.0 Å². The predicted molar refractivity (Wildman–Crippen MR) is 72.8 cm³/mol. The summed E-state index contributed by atoms with van der Waals surface area (Å²) in [4.78, 5) is 28.5. The molecule has 1 atom stereocenters. The highest BCUT2D eigenvalue weighted by Crippen LogP contribution is 2.27. The zero-order chi connectivity index (χ0) is 14.7. The topological polar surface area (TPSA) is 103 Å². The van der Waals surface area contributed by atoms with Crippen molar-refractivity contribution < 1.29 is 19.8 Å². The zero-order valence-electron chi connectivity index (χ0n) is 11.1. The molecule has 110 valence electrons. The van der Waals surface area contributed by atoms with Crippen LogP contribution in [-0.4, -0.2) is 51.3 Å². The molecule has 20 heavy (non-hydrogen) atoms. The molecule has 0 aliphatic heterocycles. The van der Waals surface area contributed by atoms with Gasteiger partial charge in [0.15, 0.2) is 5.69 Å². The number of amides is 2. The molecular weight excluding hydrogens is 282 g/mol. The lowest BCUT2D eigenvalue weighted by atomic mass is 10.3. The Morgan fingerprint density at radius 1 is 1.60 bits per heavy atom. The molecular formula is C12H17N3O4S. The Balaban J connectivity index is 1.96. The molecule has 2 amide bonds. The number of aromatic carboxylic acids is 1. The molecule has 3 N–H and O–H groups in total. The molecule has 1 saturated carbocycles. The van der Waals surface area contributed by atoms with Gasteiger partial charge in [-0.05, 0) is 19.8 Å². The van der Waals surface area contributed by atoms with Gasteiger partial charge in [-0.3, -0.25) is 0 Å². The minimum Gasteiger partial charge on any atom is -0.476 e. The lowest BCUT2D eigenvalue weighted by molar-refractivity contribution is 0.0691. The van der Waals surface area contributed by atoms with Gasteiger partial charge in [0, 0.05) is 18.0 Å². The van der Waals surface area contributed by atoms with Crippen molar-refractivity contribution >= 4 is 23.3 Å². The summed E-state index contributed by atoms with van der Waals surface area (Å²) >= 11 is 1.20. The molecule has 1 aromatic heterocycles. The fourth-order valence-corrected chi connectivity index (χ4v) is 2.66. The third-order valence-electron chi connectivity index (χ3n) is 3.04. The molecule has 0 radical (unpaired) electrons. The molecule has 1 aliphatic carbocycles. The molecule has 1 aromatic rings. The summed E-state index contributed by atoms with van der Waals surface area (Å²) in [6, 6.07) is -0.401. The minimum atomic E-state index is -1.08. The molecule has 1 fully saturated rings. The first-order valence-corrected chi connectivity index (χ1v) is 7.27. The van der Waals surface area contributed by atoms with Crippen molar-refractivity contribution in [3.63, 3.8) is 0 Å². The van der Waals surface area contributed by atoms with Gasteiger partial charge in [-0.15, -0.1) is 11.3 Å². The molecule has 8 heteroatoms. The molecule has 0 spiro atoms. The summed E-state index contributed by atoms with van der Waals surface area (Å²) in [5.74, 6) is -1.08. The molecule has 7 nitrogen and oxygen atoms in total. The van der Waals surface area contributed by atoms with Gasteiger partial charge in [-0.25, -0.2) is 14.6 Å². The number of hydrogen-bond acceptors (Lipinski definition) is 5. The lowest BCUT2D eigenvalue weighted by Crippen LogP contribution is -2.43. The lowest BCUT2D eigenvalue weighted by Gasteiger charge is -2.23. The van der Waals surface area contributed by atoms with Crippen LogP contribution in [0.5, 0.6) is 0 Å². The zero-order valence-corrected chi connectivity index (χ0v) is 11.9. The maximum atomic E-state index is 12.1. The maximum absolute atomic E-state index is 12.1. The molecule has 1 aliphatic rings. The van der Waals surface area contributed by atoms with Crippen LogP contribution in [0.3, 0.4) is 0 Å². The van der Waals surface area contributed by atoms with E-state index < -0.39 is 5.97 Å². The first-order valence-electron chi connectivity index (χ1n) is 6.39. The summed E-state index contributed by atoms with van der Waals surface area (Å²) in [5.41, 5.74) is -0.0134. The van der Waals surface area contributed by atoms with Crippen molar-refractivity contribution in [3.8, 4) is 0 Å². The predicted octanol–water partition coefficient (Wildman–Crippen LogP) is 1.07. The number of carboxylic acids is 1. The fraction of sp³-hybridized carbons (Fsp3) is 0.583. The van der Waals surface area contributed by atoms with Crippen LogP contribution in [-0.2, 0) is 0 Å². The highest BCUT2D eigenvalue weighted by atomic mass is 32.1. The van der Waals surface area contributed by atoms with Gasteiger partial charge < -0.3 is 20.4 Å². The van der Waals surface area contributed by atoms with Crippen molar-refractivity contribution in [2.24, 2.45) is 0 Å². The Hall–Kier alpha value is -1.67. The van der Waals surface area contributed by atoms with E-state index in [4.69, 9.17) is 10.2 Å². The number of nitrogens with zero attached hydrogens (tertiary/aromatic N) is 2. The van der Waals surface area contributed by atoms with E-state index in [0.29, 0.717) is 11.6 Å². The summed E-state index contributed by atoms with van der Waals surface area (Å²) in [5, 5.41) is 22.6. The monoisotopic (exact) mass is 299 g/mol. The first-order chi connectivity index (χ1) is 9.52. The molecule has 0 bridgehead atoms. The smallest absolute Gasteiger partial charge is 0.355 e. The average molecular weight is 299 g/mol. The van der Waals surface area contributed by atoms with E-state index in [9.17, 15) is 9.59 Å². The second-order valence-electron chi connectivity index (χ2n) is 4.70. The van der Waals surface area contributed by atoms with Crippen molar-refractivity contribution in [2.45, 2.75) is 31.8 Å². The van der Waals surface area contributed by atoms with E-state index in [1.165, 1.54) is 16.7 Å². The van der Waals surface area contributed by atoms with Gasteiger partial charge in [0.25, 0.3) is 0 Å². The number of carboxylic acid groups (broad SMARTS) is 1. The van der Waals surface area contributed by atoms with E-state index in [1.807, 2.05) is 0 Å². The number of aliphatic hydroxyl groups is 1. The summed E-state index contributed by atoms with van der Waals surface area (Å²) in [7, 11) is 0. The van der Waals surface area contributed by atoms with Crippen molar-refractivity contribution in [2.75, 3.05) is 13.2 Å². The molecule has 0 saturated heterocycles. The second-order valence-corrected chi connectivity index (χ2v) is 5.59. The Morgan fingerprint density at radius 3 is 2.80 bits per heavy atom. The number of aliphatic hydroxyl groups excluding tert-OH is 1. The largest absolute Gasteiger partial charge is 0.476 e. The van der Waals surface area contributed by atoms with Crippen LogP contribution in [0.15, 0.2) is 5.38 Å². The second kappa shape index (κ2) is 6.19. The van der Waals surface area contributed by atoms with E-state index >= 15 is 0 Å². The minimum absolute atomic E-state index is 0.0134. The van der Waals surface area contributed by atoms with Gasteiger partial charge in [-0.2, -0.15) is 0 Å². The van der Waals surface area contributed by atoms with Crippen LogP contribution >= 0.6 is 11.3 Å². The molecule has 1 heterocycles. The third kappa shape index (κ3) is 3.45. The average Bonchev–Trinajstić information content (AvgIpc) is 3.10. The first kappa shape index (κ1) is 14.7. The Morgan fingerprint density at radius 2 is 2.30 bits per heavy atom. The van der Waals surface area contributed by atoms with Gasteiger partial charge in [0.05, 0.1) is 12.6 Å². The van der Waals surface area contributed by atoms with Gasteiger partial charge in [-0.1, -0.05) is 0 Å². The highest BCUT2D eigenvalue weighted by Gasteiger charge is 2.32. The number of rotatable bonds is 6. The number of nitrogens with one attached hydrogen (secondary N) is 1. The standard InChI is InChI=1S/C12H17N3O4S/c1-7(10-14-9(6-20-10)11(17)18)13-12(19)15(4-5-16)8-2-3-8/h6-8,16H,2-5H2,1H3,(H,13,19)(H,17,18). The van der Waals surface area contributed by atoms with Crippen molar-refractivity contribution in [1.82, 2.24) is 15.2 Å². The molecule has 2 rings (SSSR count). The summed E-state index contributed by atoms with van der Waals surface area (Å²) < 4.78 is 0.